The van der Waals surface area contributed by atoms with Gasteiger partial charge in [0.05, 0.1) is 32.0 Å². The Bertz CT molecular complexity index is 883. The number of likely N-dealkylation sites (tertiary alicyclic amines) is 1. The fourth-order valence-corrected chi connectivity index (χ4v) is 4.37. The average molecular weight is 506 g/mol. The second-order valence-electron chi connectivity index (χ2n) is 10.5. The van der Waals surface area contributed by atoms with Gasteiger partial charge in [-0.15, -0.1) is 0 Å². The van der Waals surface area contributed by atoms with E-state index in [1.807, 2.05) is 35.2 Å². The van der Waals surface area contributed by atoms with Crippen molar-refractivity contribution in [3.05, 3.63) is 35.9 Å². The van der Waals surface area contributed by atoms with Gasteiger partial charge in [0, 0.05) is 19.0 Å². The Morgan fingerprint density at radius 1 is 1.11 bits per heavy atom. The van der Waals surface area contributed by atoms with Gasteiger partial charge in [0.1, 0.15) is 11.6 Å². The second kappa shape index (κ2) is 12.5. The van der Waals surface area contributed by atoms with Crippen molar-refractivity contribution in [3.8, 4) is 0 Å². The van der Waals surface area contributed by atoms with Crippen molar-refractivity contribution in [3.63, 3.8) is 0 Å². The van der Waals surface area contributed by atoms with Gasteiger partial charge >= 0.3 is 6.09 Å². The molecule has 0 bridgehead atoms. The molecule has 1 aromatic carbocycles. The highest BCUT2D eigenvalue weighted by Crippen LogP contribution is 2.44. The number of rotatable bonds is 11. The standard InChI is InChI=1S/C26H39N3O7/c1-26(2,3)36-25(34)28-21(16-35-15-17-9-5-4-6-10-17)23(32)27-20(14-30)22(31)18-13-19(18)24(33)29-11-7-8-12-29/h4-6,9-10,18-22,30-31H,7-8,11-16H2,1-3H3,(H,27,32)(H,28,34)/t18-,19+,20+,21+,22-/m1/s1. The van der Waals surface area contributed by atoms with E-state index in [-0.39, 0.29) is 31.0 Å². The molecule has 0 unspecified atom stereocenters. The zero-order valence-corrected chi connectivity index (χ0v) is 21.3. The number of benzene rings is 1. The van der Waals surface area contributed by atoms with Gasteiger partial charge in [0.15, 0.2) is 0 Å². The van der Waals surface area contributed by atoms with Gasteiger partial charge in [0.25, 0.3) is 0 Å². The maximum absolute atomic E-state index is 13.1. The van der Waals surface area contributed by atoms with Crippen molar-refractivity contribution in [2.75, 3.05) is 26.3 Å². The molecule has 200 valence electrons. The minimum Gasteiger partial charge on any atom is -0.444 e. The van der Waals surface area contributed by atoms with Gasteiger partial charge in [-0.3, -0.25) is 9.59 Å². The zero-order chi connectivity index (χ0) is 26.3. The number of ether oxygens (including phenoxy) is 2. The molecule has 0 aromatic heterocycles. The van der Waals surface area contributed by atoms with Gasteiger partial charge < -0.3 is 35.2 Å². The van der Waals surface area contributed by atoms with E-state index in [0.29, 0.717) is 6.42 Å². The largest absolute Gasteiger partial charge is 0.444 e. The van der Waals surface area contributed by atoms with Crippen molar-refractivity contribution >= 4 is 17.9 Å². The molecule has 1 aliphatic carbocycles. The third-order valence-electron chi connectivity index (χ3n) is 6.35. The van der Waals surface area contributed by atoms with Crippen LogP contribution >= 0.6 is 0 Å². The first-order valence-corrected chi connectivity index (χ1v) is 12.6. The number of nitrogens with one attached hydrogen (secondary N) is 2. The summed E-state index contributed by atoms with van der Waals surface area (Å²) in [6.07, 6.45) is 0.606. The number of aliphatic hydroxyl groups is 2. The molecular weight excluding hydrogens is 466 g/mol. The van der Waals surface area contributed by atoms with Gasteiger partial charge in [0.2, 0.25) is 11.8 Å². The van der Waals surface area contributed by atoms with Crippen LogP contribution in [-0.2, 0) is 25.7 Å². The Labute approximate surface area is 212 Å². The van der Waals surface area contributed by atoms with E-state index in [0.717, 1.165) is 31.5 Å². The molecular formula is C26H39N3O7. The van der Waals surface area contributed by atoms with Crippen LogP contribution < -0.4 is 10.6 Å². The molecule has 5 atom stereocenters. The first kappa shape index (κ1) is 27.9. The summed E-state index contributed by atoms with van der Waals surface area (Å²) in [7, 11) is 0. The molecule has 3 amide bonds. The van der Waals surface area contributed by atoms with Gasteiger partial charge in [-0.05, 0) is 51.5 Å². The quantitative estimate of drug-likeness (QED) is 0.355. The minimum absolute atomic E-state index is 0.0262. The summed E-state index contributed by atoms with van der Waals surface area (Å²) >= 11 is 0. The van der Waals surface area contributed by atoms with Crippen LogP contribution in [0.2, 0.25) is 0 Å². The van der Waals surface area contributed by atoms with Crippen LogP contribution in [0.25, 0.3) is 0 Å². The Kier molecular flexibility index (Phi) is 9.69. The number of nitrogens with zero attached hydrogens (tertiary/aromatic N) is 1. The van der Waals surface area contributed by atoms with Crippen LogP contribution in [0, 0.1) is 11.8 Å². The molecule has 0 radical (unpaired) electrons. The number of aliphatic hydroxyl groups excluding tert-OH is 2. The maximum atomic E-state index is 13.1. The van der Waals surface area contributed by atoms with Crippen LogP contribution in [0.3, 0.4) is 0 Å². The predicted molar refractivity (Wildman–Crippen MR) is 132 cm³/mol. The highest BCUT2D eigenvalue weighted by atomic mass is 16.6. The highest BCUT2D eigenvalue weighted by Gasteiger charge is 2.51. The fraction of sp³-hybridized carbons (Fsp3) is 0.654. The molecule has 1 heterocycles. The van der Waals surface area contributed by atoms with E-state index in [1.165, 1.54) is 0 Å². The third-order valence-corrected chi connectivity index (χ3v) is 6.35. The number of alkyl carbamates (subject to hydrolysis) is 1. The second-order valence-corrected chi connectivity index (χ2v) is 10.5. The highest BCUT2D eigenvalue weighted by molar-refractivity contribution is 5.86. The summed E-state index contributed by atoms with van der Waals surface area (Å²) in [6, 6.07) is 7.27. The number of amides is 3. The number of hydrogen-bond acceptors (Lipinski definition) is 7. The van der Waals surface area contributed by atoms with Gasteiger partial charge in [-0.2, -0.15) is 0 Å². The van der Waals surface area contributed by atoms with Crippen LogP contribution in [0.1, 0.15) is 45.6 Å². The lowest BCUT2D eigenvalue weighted by atomic mass is 10.0. The summed E-state index contributed by atoms with van der Waals surface area (Å²) < 4.78 is 10.9. The molecule has 1 aromatic rings. The lowest BCUT2D eigenvalue weighted by molar-refractivity contribution is -0.132. The van der Waals surface area contributed by atoms with Gasteiger partial charge in [-0.1, -0.05) is 30.3 Å². The van der Waals surface area contributed by atoms with Crippen LogP contribution in [0.4, 0.5) is 4.79 Å². The molecule has 4 N–H and O–H groups in total. The van der Waals surface area contributed by atoms with Crippen molar-refractivity contribution in [2.24, 2.45) is 11.8 Å². The Balaban J connectivity index is 1.58. The fourth-order valence-electron chi connectivity index (χ4n) is 4.37. The topological polar surface area (TPSA) is 137 Å². The van der Waals surface area contributed by atoms with Crippen LogP contribution in [-0.4, -0.2) is 83.1 Å². The third kappa shape index (κ3) is 8.18. The van der Waals surface area contributed by atoms with E-state index < -0.39 is 42.4 Å². The van der Waals surface area contributed by atoms with E-state index >= 15 is 0 Å². The zero-order valence-electron chi connectivity index (χ0n) is 21.3. The van der Waals surface area contributed by atoms with E-state index in [9.17, 15) is 24.6 Å². The smallest absolute Gasteiger partial charge is 0.408 e. The molecule has 3 rings (SSSR count). The monoisotopic (exact) mass is 505 g/mol. The first-order chi connectivity index (χ1) is 17.1. The Hall–Kier alpha value is -2.69. The summed E-state index contributed by atoms with van der Waals surface area (Å²) in [5.41, 5.74) is 0.142. The first-order valence-electron chi connectivity index (χ1n) is 12.6. The average Bonchev–Trinajstić information content (AvgIpc) is 3.44. The van der Waals surface area contributed by atoms with Crippen molar-refractivity contribution in [2.45, 2.75) is 70.4 Å². The molecule has 36 heavy (non-hydrogen) atoms. The maximum Gasteiger partial charge on any atom is 0.408 e. The summed E-state index contributed by atoms with van der Waals surface area (Å²) in [5, 5.41) is 25.8. The lowest BCUT2D eigenvalue weighted by Gasteiger charge is -2.27. The summed E-state index contributed by atoms with van der Waals surface area (Å²) in [4.78, 5) is 39.9. The number of carbonyl (C=O) groups excluding carboxylic acids is 3. The number of hydrogen-bond donors (Lipinski definition) is 4. The minimum atomic E-state index is -1.12. The molecule has 1 saturated heterocycles. The van der Waals surface area contributed by atoms with Crippen molar-refractivity contribution in [1.82, 2.24) is 15.5 Å². The van der Waals surface area contributed by atoms with Crippen molar-refractivity contribution in [1.29, 1.82) is 0 Å². The molecule has 10 heteroatoms. The van der Waals surface area contributed by atoms with Crippen LogP contribution in [0.5, 0.6) is 0 Å². The van der Waals surface area contributed by atoms with E-state index in [2.05, 4.69) is 10.6 Å². The Morgan fingerprint density at radius 2 is 1.78 bits per heavy atom. The molecule has 2 fully saturated rings. The molecule has 10 nitrogen and oxygen atoms in total. The number of carbonyl (C=O) groups is 3. The molecule has 1 aliphatic heterocycles. The summed E-state index contributed by atoms with van der Waals surface area (Å²) in [6.45, 7) is 6.17. The van der Waals surface area contributed by atoms with E-state index in [1.54, 1.807) is 20.8 Å². The van der Waals surface area contributed by atoms with Crippen molar-refractivity contribution < 1.29 is 34.1 Å². The van der Waals surface area contributed by atoms with Crippen LogP contribution in [0.15, 0.2) is 30.3 Å². The molecule has 0 spiro atoms. The molecule has 2 aliphatic rings. The Morgan fingerprint density at radius 3 is 2.39 bits per heavy atom. The SMILES string of the molecule is CC(C)(C)OC(=O)N[C@@H](COCc1ccccc1)C(=O)N[C@@H](CO)[C@H](O)[C@@H]1C[C@@H]1C(=O)N1CCCC1. The molecule has 1 saturated carbocycles. The lowest BCUT2D eigenvalue weighted by Crippen LogP contribution is -2.56. The predicted octanol–water partition coefficient (Wildman–Crippen LogP) is 1.19. The summed E-state index contributed by atoms with van der Waals surface area (Å²) in [5.74, 6) is -1.23. The van der Waals surface area contributed by atoms with Gasteiger partial charge in [-0.25, -0.2) is 4.79 Å². The van der Waals surface area contributed by atoms with E-state index in [4.69, 9.17) is 9.47 Å². The normalized spacial score (nSPS) is 21.9.